The van der Waals surface area contributed by atoms with Crippen molar-refractivity contribution in [3.63, 3.8) is 0 Å². The van der Waals surface area contributed by atoms with E-state index in [1.54, 1.807) is 12.4 Å². The van der Waals surface area contributed by atoms with Crippen LogP contribution in [0.25, 0.3) is 16.0 Å². The average Bonchev–Trinajstić information content (AvgIpc) is 3.22. The largest absolute Gasteiger partial charge is 0.493 e. The lowest BCUT2D eigenvalue weighted by atomic mass is 10.1. The third-order valence-electron chi connectivity index (χ3n) is 4.34. The summed E-state index contributed by atoms with van der Waals surface area (Å²) in [4.78, 5) is 12.7. The summed E-state index contributed by atoms with van der Waals surface area (Å²) in [5.41, 5.74) is 3.08. The Kier molecular flexibility index (Phi) is 6.45. The summed E-state index contributed by atoms with van der Waals surface area (Å²) in [6.07, 6.45) is 3.46. The molecule has 7 nitrogen and oxygen atoms in total. The zero-order valence-electron chi connectivity index (χ0n) is 16.9. The van der Waals surface area contributed by atoms with Gasteiger partial charge in [-0.15, -0.1) is 11.8 Å². The molecule has 1 aromatic carbocycles. The van der Waals surface area contributed by atoms with Crippen molar-refractivity contribution in [1.82, 2.24) is 20.2 Å². The normalized spacial score (nSPS) is 10.5. The monoisotopic (exact) mass is 428 g/mol. The van der Waals surface area contributed by atoms with Gasteiger partial charge in [-0.2, -0.15) is 5.10 Å². The molecule has 0 aliphatic rings. The molecule has 154 valence electrons. The van der Waals surface area contributed by atoms with E-state index in [2.05, 4.69) is 30.3 Å². The third-order valence-corrected chi connectivity index (χ3v) is 5.27. The van der Waals surface area contributed by atoms with Crippen molar-refractivity contribution in [1.29, 1.82) is 0 Å². The molecule has 4 aromatic rings. The summed E-state index contributed by atoms with van der Waals surface area (Å²) in [6.45, 7) is 10.2. The highest BCUT2D eigenvalue weighted by Crippen LogP contribution is 2.39. The predicted octanol–water partition coefficient (Wildman–Crippen LogP) is 5.64. The summed E-state index contributed by atoms with van der Waals surface area (Å²) in [5, 5.41) is 11.0. The summed E-state index contributed by atoms with van der Waals surface area (Å²) >= 11 is 1.49. The van der Waals surface area contributed by atoms with Crippen LogP contribution in [0, 0.1) is 13.5 Å². The van der Waals surface area contributed by atoms with Gasteiger partial charge in [-0.3, -0.25) is 10.1 Å². The zero-order chi connectivity index (χ0) is 21.5. The highest BCUT2D eigenvalue weighted by atomic mass is 32.2. The van der Waals surface area contributed by atoms with Gasteiger partial charge in [-0.05, 0) is 42.3 Å². The molecule has 2 N–H and O–H groups in total. The van der Waals surface area contributed by atoms with Gasteiger partial charge in [0.1, 0.15) is 16.6 Å². The maximum Gasteiger partial charge on any atom is 0.226 e. The highest BCUT2D eigenvalue weighted by molar-refractivity contribution is 7.99. The number of anilines is 2. The number of aromatic amines is 1. The zero-order valence-corrected chi connectivity index (χ0v) is 17.7. The summed E-state index contributed by atoms with van der Waals surface area (Å²) in [5.74, 6) is 2.76. The van der Waals surface area contributed by atoms with Crippen molar-refractivity contribution in [2.45, 2.75) is 11.9 Å². The Balaban J connectivity index is 1.60. The number of benzene rings is 1. The first-order valence-electron chi connectivity index (χ1n) is 9.65. The van der Waals surface area contributed by atoms with Gasteiger partial charge in [-0.25, -0.2) is 9.83 Å². The second-order valence-corrected chi connectivity index (χ2v) is 7.72. The number of aryl methyl sites for hydroxylation is 1. The fraction of sp³-hybridized carbons (Fsp3) is 0.130. The minimum atomic E-state index is 0.501. The Morgan fingerprint density at radius 1 is 1.13 bits per heavy atom. The van der Waals surface area contributed by atoms with Crippen LogP contribution in [-0.2, 0) is 0 Å². The van der Waals surface area contributed by atoms with Crippen LogP contribution in [0.4, 0.5) is 17.3 Å². The summed E-state index contributed by atoms with van der Waals surface area (Å²) in [6, 6.07) is 17.2. The molecule has 0 aliphatic heterocycles. The molecule has 0 amide bonds. The number of H-pyrrole nitrogens is 1. The smallest absolute Gasteiger partial charge is 0.226 e. The second kappa shape index (κ2) is 9.78. The van der Waals surface area contributed by atoms with Crippen molar-refractivity contribution < 1.29 is 4.74 Å². The van der Waals surface area contributed by atoms with Gasteiger partial charge in [0, 0.05) is 29.9 Å². The Morgan fingerprint density at radius 3 is 2.71 bits per heavy atom. The second-order valence-electron chi connectivity index (χ2n) is 6.63. The van der Waals surface area contributed by atoms with E-state index in [0.29, 0.717) is 34.7 Å². The number of nitrogens with zero attached hydrogens (tertiary/aromatic N) is 4. The lowest BCUT2D eigenvalue weighted by Gasteiger charge is -2.13. The lowest BCUT2D eigenvalue weighted by molar-refractivity contribution is 0.344. The van der Waals surface area contributed by atoms with Crippen molar-refractivity contribution in [3.05, 3.63) is 84.1 Å². The molecule has 0 bridgehead atoms. The first kappa shape index (κ1) is 20.4. The van der Waals surface area contributed by atoms with Crippen LogP contribution in [-0.4, -0.2) is 32.5 Å². The molecule has 8 heteroatoms. The minimum absolute atomic E-state index is 0.501. The Bertz CT molecular complexity index is 1190. The van der Waals surface area contributed by atoms with E-state index in [1.807, 2.05) is 61.5 Å². The maximum atomic E-state index is 7.77. The Labute approximate surface area is 184 Å². The topological polar surface area (TPSA) is 80.1 Å². The maximum absolute atomic E-state index is 7.77. The number of aromatic nitrogens is 4. The first-order valence-corrected chi connectivity index (χ1v) is 10.6. The standard InChI is InChI=1S/C23H20N6OS/c1-16-13-21(29-28-16)26-20-14-19(17-7-6-10-25-15-17)22(24-2)23(27-20)31-12-11-30-18-8-4-3-5-9-18/h3-10,13-15H,11-12H2,1H3,(H2,26,27,28,29). The van der Waals surface area contributed by atoms with E-state index < -0.39 is 0 Å². The highest BCUT2D eigenvalue weighted by Gasteiger charge is 2.16. The molecule has 0 unspecified atom stereocenters. The molecule has 0 aliphatic carbocycles. The van der Waals surface area contributed by atoms with Crippen LogP contribution in [0.3, 0.4) is 0 Å². The average molecular weight is 429 g/mol. The van der Waals surface area contributed by atoms with Crippen molar-refractivity contribution in [3.8, 4) is 16.9 Å². The molecule has 0 saturated heterocycles. The van der Waals surface area contributed by atoms with Gasteiger partial charge < -0.3 is 10.1 Å². The van der Waals surface area contributed by atoms with Gasteiger partial charge in [0.25, 0.3) is 0 Å². The van der Waals surface area contributed by atoms with Crippen LogP contribution < -0.4 is 10.1 Å². The van der Waals surface area contributed by atoms with Gasteiger partial charge in [0.2, 0.25) is 5.69 Å². The lowest BCUT2D eigenvalue weighted by Crippen LogP contribution is -2.01. The Morgan fingerprint density at radius 2 is 2.00 bits per heavy atom. The fourth-order valence-electron chi connectivity index (χ4n) is 2.96. The molecule has 0 atom stereocenters. The van der Waals surface area contributed by atoms with Crippen LogP contribution in [0.15, 0.2) is 72.0 Å². The number of ether oxygens (including phenoxy) is 1. The van der Waals surface area contributed by atoms with Gasteiger partial charge in [-0.1, -0.05) is 24.3 Å². The van der Waals surface area contributed by atoms with Crippen molar-refractivity contribution in [2.75, 3.05) is 17.7 Å². The Hall–Kier alpha value is -3.83. The van der Waals surface area contributed by atoms with Crippen molar-refractivity contribution >= 4 is 29.1 Å². The van der Waals surface area contributed by atoms with E-state index >= 15 is 0 Å². The van der Waals surface area contributed by atoms with Crippen LogP contribution in [0.1, 0.15) is 5.69 Å². The van der Waals surface area contributed by atoms with Crippen LogP contribution >= 0.6 is 11.8 Å². The van der Waals surface area contributed by atoms with Gasteiger partial charge in [0.05, 0.1) is 13.2 Å². The number of nitrogens with one attached hydrogen (secondary N) is 2. The number of thioether (sulfide) groups is 1. The molecule has 0 radical (unpaired) electrons. The third kappa shape index (κ3) is 5.21. The molecule has 3 aromatic heterocycles. The summed E-state index contributed by atoms with van der Waals surface area (Å²) < 4.78 is 5.78. The van der Waals surface area contributed by atoms with Gasteiger partial charge in [0.15, 0.2) is 5.82 Å². The number of rotatable bonds is 8. The molecular weight excluding hydrogens is 408 g/mol. The molecule has 0 fully saturated rings. The number of pyridine rings is 2. The van der Waals surface area contributed by atoms with E-state index in [0.717, 1.165) is 22.6 Å². The van der Waals surface area contributed by atoms with E-state index in [1.165, 1.54) is 11.8 Å². The molecule has 4 rings (SSSR count). The predicted molar refractivity (Wildman–Crippen MR) is 123 cm³/mol. The molecule has 3 heterocycles. The molecular formula is C23H20N6OS. The molecule has 0 spiro atoms. The van der Waals surface area contributed by atoms with Gasteiger partial charge >= 0.3 is 0 Å². The quantitative estimate of drug-likeness (QED) is 0.215. The van der Waals surface area contributed by atoms with Crippen LogP contribution in [0.2, 0.25) is 0 Å². The summed E-state index contributed by atoms with van der Waals surface area (Å²) in [7, 11) is 0. The van der Waals surface area contributed by atoms with E-state index in [9.17, 15) is 0 Å². The van der Waals surface area contributed by atoms with E-state index in [4.69, 9.17) is 11.3 Å². The number of hydrogen-bond donors (Lipinski definition) is 2. The molecule has 0 saturated carbocycles. The minimum Gasteiger partial charge on any atom is -0.493 e. The number of hydrogen-bond acceptors (Lipinski definition) is 6. The molecule has 31 heavy (non-hydrogen) atoms. The van der Waals surface area contributed by atoms with Crippen LogP contribution in [0.5, 0.6) is 5.75 Å². The van der Waals surface area contributed by atoms with Crippen molar-refractivity contribution in [2.24, 2.45) is 0 Å². The van der Waals surface area contributed by atoms with E-state index in [-0.39, 0.29) is 0 Å². The fourth-order valence-corrected chi connectivity index (χ4v) is 3.77. The first-order chi connectivity index (χ1) is 15.2. The number of para-hydroxylation sites is 1. The SMILES string of the molecule is [C-]#[N+]c1c(-c2cccnc2)cc(Nc2cc(C)[nH]n2)nc1SCCOc1ccccc1.